The molecule has 3 N–H and O–H groups in total. The molecule has 5 nitrogen and oxygen atoms in total. The molecule has 18 heavy (non-hydrogen) atoms. The van der Waals surface area contributed by atoms with Gasteiger partial charge in [0, 0.05) is 10.2 Å². The van der Waals surface area contributed by atoms with Gasteiger partial charge >= 0.3 is 5.97 Å². The Morgan fingerprint density at radius 2 is 2.17 bits per heavy atom. The van der Waals surface area contributed by atoms with Gasteiger partial charge in [-0.05, 0) is 34.1 Å². The van der Waals surface area contributed by atoms with Gasteiger partial charge in [-0.1, -0.05) is 5.92 Å². The van der Waals surface area contributed by atoms with Crippen LogP contribution in [0.2, 0.25) is 0 Å². The second-order valence-corrected chi connectivity index (χ2v) is 4.35. The van der Waals surface area contributed by atoms with Crippen molar-refractivity contribution < 1.29 is 14.7 Å². The van der Waals surface area contributed by atoms with Crippen LogP contribution in [0.4, 0.5) is 5.69 Å². The van der Waals surface area contributed by atoms with Gasteiger partial charge in [0.05, 0.1) is 12.1 Å². The highest BCUT2D eigenvalue weighted by Gasteiger charge is 2.19. The number of benzene rings is 1. The van der Waals surface area contributed by atoms with E-state index in [4.69, 9.17) is 17.3 Å². The summed E-state index contributed by atoms with van der Waals surface area (Å²) in [5, 5.41) is 8.73. The van der Waals surface area contributed by atoms with Crippen molar-refractivity contribution in [2.45, 2.75) is 0 Å². The van der Waals surface area contributed by atoms with Crippen molar-refractivity contribution in [2.75, 3.05) is 18.8 Å². The van der Waals surface area contributed by atoms with E-state index >= 15 is 0 Å². The van der Waals surface area contributed by atoms with Crippen LogP contribution in [0.1, 0.15) is 10.4 Å². The number of anilines is 1. The highest BCUT2D eigenvalue weighted by Crippen LogP contribution is 2.21. The number of nitrogen functional groups attached to an aromatic ring is 1. The van der Waals surface area contributed by atoms with Crippen LogP contribution >= 0.6 is 15.9 Å². The fourth-order valence-corrected chi connectivity index (χ4v) is 1.77. The number of rotatable bonds is 4. The topological polar surface area (TPSA) is 83.6 Å². The van der Waals surface area contributed by atoms with Gasteiger partial charge in [0.25, 0.3) is 5.91 Å². The summed E-state index contributed by atoms with van der Waals surface area (Å²) in [6.07, 6.45) is 5.12. The van der Waals surface area contributed by atoms with E-state index in [1.54, 1.807) is 12.1 Å². The number of carbonyl (C=O) groups is 2. The van der Waals surface area contributed by atoms with E-state index in [0.29, 0.717) is 10.2 Å². The Labute approximate surface area is 113 Å². The number of nitrogens with two attached hydrogens (primary N) is 1. The number of hydrogen-bond acceptors (Lipinski definition) is 3. The first-order chi connectivity index (χ1) is 8.45. The number of amides is 1. The second kappa shape index (κ2) is 6.07. The van der Waals surface area contributed by atoms with Crippen LogP contribution < -0.4 is 5.73 Å². The lowest BCUT2D eigenvalue weighted by Crippen LogP contribution is -2.36. The minimum absolute atomic E-state index is 0.0770. The maximum atomic E-state index is 12.1. The lowest BCUT2D eigenvalue weighted by atomic mass is 10.1. The quantitative estimate of drug-likeness (QED) is 0.646. The first-order valence-electron chi connectivity index (χ1n) is 4.95. The van der Waals surface area contributed by atoms with Gasteiger partial charge in [-0.15, -0.1) is 6.42 Å². The molecule has 0 aliphatic carbocycles. The minimum Gasteiger partial charge on any atom is -0.480 e. The number of carboxylic acids is 1. The zero-order chi connectivity index (χ0) is 13.7. The molecule has 0 aliphatic rings. The molecular formula is C12H11BrN2O3. The molecule has 1 amide bonds. The monoisotopic (exact) mass is 310 g/mol. The first kappa shape index (κ1) is 14.1. The maximum absolute atomic E-state index is 12.1. The van der Waals surface area contributed by atoms with E-state index in [1.807, 2.05) is 0 Å². The van der Waals surface area contributed by atoms with Gasteiger partial charge in [0.2, 0.25) is 0 Å². The number of carboxylic acid groups (broad SMARTS) is 1. The molecule has 94 valence electrons. The molecule has 0 aromatic heterocycles. The fraction of sp³-hybridized carbons (Fsp3) is 0.167. The molecule has 1 rings (SSSR count). The molecule has 0 unspecified atom stereocenters. The number of nitrogens with zero attached hydrogens (tertiary/aromatic N) is 1. The SMILES string of the molecule is C#CCN(CC(=O)O)C(=O)c1cc(N)ccc1Br. The molecule has 0 spiro atoms. The molecule has 0 aliphatic heterocycles. The van der Waals surface area contributed by atoms with Gasteiger partial charge in [-0.3, -0.25) is 9.59 Å². The van der Waals surface area contributed by atoms with Gasteiger partial charge in [-0.25, -0.2) is 0 Å². The Morgan fingerprint density at radius 1 is 1.50 bits per heavy atom. The van der Waals surface area contributed by atoms with Gasteiger partial charge in [0.1, 0.15) is 6.54 Å². The lowest BCUT2D eigenvalue weighted by Gasteiger charge is -2.18. The number of aliphatic carboxylic acids is 1. The normalized spacial score (nSPS) is 9.56. The van der Waals surface area contributed by atoms with E-state index < -0.39 is 18.4 Å². The molecule has 0 bridgehead atoms. The van der Waals surface area contributed by atoms with E-state index in [-0.39, 0.29) is 12.1 Å². The lowest BCUT2D eigenvalue weighted by molar-refractivity contribution is -0.137. The van der Waals surface area contributed by atoms with Crippen molar-refractivity contribution in [3.63, 3.8) is 0 Å². The van der Waals surface area contributed by atoms with Crippen LogP contribution in [0.25, 0.3) is 0 Å². The van der Waals surface area contributed by atoms with Crippen molar-refractivity contribution in [1.29, 1.82) is 0 Å². The Balaban J connectivity index is 3.05. The number of terminal acetylenes is 1. The first-order valence-corrected chi connectivity index (χ1v) is 5.74. The van der Waals surface area contributed by atoms with Crippen molar-refractivity contribution in [2.24, 2.45) is 0 Å². The third-order valence-corrected chi connectivity index (χ3v) is 2.81. The summed E-state index contributed by atoms with van der Waals surface area (Å²) < 4.78 is 0.536. The second-order valence-electron chi connectivity index (χ2n) is 3.50. The van der Waals surface area contributed by atoms with Crippen LogP contribution in [0.5, 0.6) is 0 Å². The standard InChI is InChI=1S/C12H11BrN2O3/c1-2-5-15(7-11(16)17)12(18)9-6-8(14)3-4-10(9)13/h1,3-4,6H,5,7,14H2,(H,16,17). The number of hydrogen-bond donors (Lipinski definition) is 2. The van der Waals surface area contributed by atoms with Gasteiger partial charge < -0.3 is 15.7 Å². The molecule has 0 radical (unpaired) electrons. The molecule has 0 saturated heterocycles. The number of carbonyl (C=O) groups excluding carboxylic acids is 1. The summed E-state index contributed by atoms with van der Waals surface area (Å²) in [5.41, 5.74) is 6.29. The van der Waals surface area contributed by atoms with Crippen LogP contribution in [0, 0.1) is 12.3 Å². The van der Waals surface area contributed by atoms with Gasteiger partial charge in [0.15, 0.2) is 0 Å². The van der Waals surface area contributed by atoms with Crippen molar-refractivity contribution >= 4 is 33.5 Å². The molecule has 0 saturated carbocycles. The maximum Gasteiger partial charge on any atom is 0.323 e. The summed E-state index contributed by atoms with van der Waals surface area (Å²) in [5.74, 6) is 0.650. The fourth-order valence-electron chi connectivity index (χ4n) is 1.35. The largest absolute Gasteiger partial charge is 0.480 e. The zero-order valence-electron chi connectivity index (χ0n) is 9.39. The molecule has 0 fully saturated rings. The smallest absolute Gasteiger partial charge is 0.323 e. The average Bonchev–Trinajstić information content (AvgIpc) is 2.30. The van der Waals surface area contributed by atoms with Crippen molar-refractivity contribution in [3.05, 3.63) is 28.2 Å². The zero-order valence-corrected chi connectivity index (χ0v) is 11.0. The molecular weight excluding hydrogens is 300 g/mol. The summed E-state index contributed by atoms with van der Waals surface area (Å²) in [6.45, 7) is -0.531. The Kier molecular flexibility index (Phi) is 4.75. The Bertz CT molecular complexity index is 523. The Hall–Kier alpha value is -2.00. The predicted molar refractivity (Wildman–Crippen MR) is 70.9 cm³/mol. The highest BCUT2D eigenvalue weighted by atomic mass is 79.9. The summed E-state index contributed by atoms with van der Waals surface area (Å²) in [6, 6.07) is 4.72. The summed E-state index contributed by atoms with van der Waals surface area (Å²) in [4.78, 5) is 23.9. The van der Waals surface area contributed by atoms with Crippen LogP contribution in [0.15, 0.2) is 22.7 Å². The van der Waals surface area contributed by atoms with Gasteiger partial charge in [-0.2, -0.15) is 0 Å². The summed E-state index contributed by atoms with van der Waals surface area (Å²) >= 11 is 3.21. The van der Waals surface area contributed by atoms with Crippen LogP contribution in [0.3, 0.4) is 0 Å². The highest BCUT2D eigenvalue weighted by molar-refractivity contribution is 9.10. The van der Waals surface area contributed by atoms with E-state index in [2.05, 4.69) is 21.9 Å². The van der Waals surface area contributed by atoms with Crippen LogP contribution in [-0.4, -0.2) is 35.0 Å². The molecule has 1 aromatic rings. The van der Waals surface area contributed by atoms with Crippen LogP contribution in [-0.2, 0) is 4.79 Å². The van der Waals surface area contributed by atoms with E-state index in [0.717, 1.165) is 4.90 Å². The average molecular weight is 311 g/mol. The van der Waals surface area contributed by atoms with E-state index in [9.17, 15) is 9.59 Å². The minimum atomic E-state index is -1.13. The third kappa shape index (κ3) is 3.50. The molecule has 6 heteroatoms. The van der Waals surface area contributed by atoms with Crippen molar-refractivity contribution in [1.82, 2.24) is 4.90 Å². The van der Waals surface area contributed by atoms with Crippen molar-refractivity contribution in [3.8, 4) is 12.3 Å². The third-order valence-electron chi connectivity index (χ3n) is 2.12. The molecule has 1 aromatic carbocycles. The molecule has 0 heterocycles. The Morgan fingerprint density at radius 3 is 2.72 bits per heavy atom. The summed E-state index contributed by atoms with van der Waals surface area (Å²) in [7, 11) is 0. The van der Waals surface area contributed by atoms with E-state index in [1.165, 1.54) is 6.07 Å². The predicted octanol–water partition coefficient (Wildman–Crippen LogP) is 1.19. The molecule has 0 atom stereocenters. The number of halogens is 1.